The summed E-state index contributed by atoms with van der Waals surface area (Å²) in [5.74, 6) is -0.225. The van der Waals surface area contributed by atoms with Crippen molar-refractivity contribution in [1.29, 1.82) is 0 Å². The molecule has 7 heteroatoms. The van der Waals surface area contributed by atoms with Crippen molar-refractivity contribution in [3.63, 3.8) is 0 Å². The van der Waals surface area contributed by atoms with Gasteiger partial charge in [0.05, 0.1) is 4.92 Å². The van der Waals surface area contributed by atoms with E-state index in [0.29, 0.717) is 0 Å². The third kappa shape index (κ3) is 4.69. The Morgan fingerprint density at radius 1 is 1.07 bits per heavy atom. The molecule has 2 N–H and O–H groups in total. The lowest BCUT2D eigenvalue weighted by atomic mass is 10.1. The Morgan fingerprint density at radius 2 is 1.75 bits per heavy atom. The molecule has 3 rings (SSSR count). The highest BCUT2D eigenvalue weighted by Gasteiger charge is 2.25. The number of benzene rings is 3. The maximum absolute atomic E-state index is 13.0. The number of hydrogen-bond acceptors (Lipinski definition) is 5. The molecule has 1 unspecified atom stereocenters. The van der Waals surface area contributed by atoms with Crippen molar-refractivity contribution in [2.24, 2.45) is 0 Å². The number of phenolic OH excluding ortho intramolecular Hbond substituents is 1. The fraction of sp³-hybridized carbons (Fsp3) is 0.0952. The molecule has 28 heavy (non-hydrogen) atoms. The zero-order valence-electron chi connectivity index (χ0n) is 15.0. The summed E-state index contributed by atoms with van der Waals surface area (Å²) in [4.78, 5) is 24.7. The number of phenols is 1. The molecule has 0 heterocycles. The molecule has 0 bridgehead atoms. The van der Waals surface area contributed by atoms with E-state index in [1.807, 2.05) is 30.3 Å². The summed E-state index contributed by atoms with van der Waals surface area (Å²) < 4.78 is 0. The SMILES string of the molecule is Cc1ccc(NC(=O)C(Sc2ccc(O)cc2)c2ccccc2)c([N+](=O)[O-])c1. The molecule has 0 radical (unpaired) electrons. The van der Waals surface area contributed by atoms with Crippen LogP contribution in [-0.4, -0.2) is 15.9 Å². The van der Waals surface area contributed by atoms with Crippen molar-refractivity contribution in [1.82, 2.24) is 0 Å². The second-order valence-corrected chi connectivity index (χ2v) is 7.35. The number of nitrogens with zero attached hydrogens (tertiary/aromatic N) is 1. The van der Waals surface area contributed by atoms with Crippen molar-refractivity contribution in [3.8, 4) is 5.75 Å². The number of amides is 1. The third-order valence-corrected chi connectivity index (χ3v) is 5.31. The van der Waals surface area contributed by atoms with Gasteiger partial charge in [-0.3, -0.25) is 14.9 Å². The maximum atomic E-state index is 13.0. The van der Waals surface area contributed by atoms with E-state index in [1.54, 1.807) is 43.3 Å². The molecule has 0 saturated heterocycles. The van der Waals surface area contributed by atoms with Gasteiger partial charge in [-0.2, -0.15) is 0 Å². The van der Waals surface area contributed by atoms with Crippen LogP contribution in [0, 0.1) is 17.0 Å². The summed E-state index contributed by atoms with van der Waals surface area (Å²) in [6.45, 7) is 1.76. The van der Waals surface area contributed by atoms with Crippen molar-refractivity contribution in [2.45, 2.75) is 17.1 Å². The Labute approximate surface area is 166 Å². The lowest BCUT2D eigenvalue weighted by molar-refractivity contribution is -0.384. The number of thioether (sulfide) groups is 1. The number of anilines is 1. The third-order valence-electron chi connectivity index (χ3n) is 4.04. The van der Waals surface area contributed by atoms with Crippen LogP contribution < -0.4 is 5.32 Å². The van der Waals surface area contributed by atoms with Crippen molar-refractivity contribution >= 4 is 29.0 Å². The van der Waals surface area contributed by atoms with Gasteiger partial charge in [-0.25, -0.2) is 0 Å². The van der Waals surface area contributed by atoms with Gasteiger partial charge in [0.2, 0.25) is 5.91 Å². The van der Waals surface area contributed by atoms with Crippen LogP contribution in [-0.2, 0) is 4.79 Å². The van der Waals surface area contributed by atoms with E-state index in [4.69, 9.17) is 0 Å². The molecule has 0 spiro atoms. The van der Waals surface area contributed by atoms with Crippen LogP contribution in [0.2, 0.25) is 0 Å². The normalized spacial score (nSPS) is 11.6. The van der Waals surface area contributed by atoms with Crippen molar-refractivity contribution in [2.75, 3.05) is 5.32 Å². The number of aryl methyl sites for hydroxylation is 1. The molecule has 0 aliphatic rings. The molecule has 6 nitrogen and oxygen atoms in total. The Bertz CT molecular complexity index is 991. The minimum absolute atomic E-state index is 0.139. The molecule has 0 saturated carbocycles. The second kappa shape index (κ2) is 8.58. The monoisotopic (exact) mass is 394 g/mol. The largest absolute Gasteiger partial charge is 0.508 e. The summed E-state index contributed by atoms with van der Waals surface area (Å²) in [5, 5.41) is 22.9. The highest BCUT2D eigenvalue weighted by molar-refractivity contribution is 8.00. The first-order valence-electron chi connectivity index (χ1n) is 8.50. The number of nitrogens with one attached hydrogen (secondary N) is 1. The predicted octanol–water partition coefficient (Wildman–Crippen LogP) is 5.08. The van der Waals surface area contributed by atoms with Gasteiger partial charge in [0.1, 0.15) is 16.7 Å². The smallest absolute Gasteiger partial charge is 0.293 e. The van der Waals surface area contributed by atoms with Gasteiger partial charge in [0.15, 0.2) is 0 Å². The molecule has 3 aromatic carbocycles. The summed E-state index contributed by atoms with van der Waals surface area (Å²) in [7, 11) is 0. The first-order chi connectivity index (χ1) is 13.4. The van der Waals surface area contributed by atoms with Crippen LogP contribution in [0.1, 0.15) is 16.4 Å². The van der Waals surface area contributed by atoms with E-state index in [-0.39, 0.29) is 23.0 Å². The van der Waals surface area contributed by atoms with Gasteiger partial charge in [-0.1, -0.05) is 36.4 Å². The van der Waals surface area contributed by atoms with Crippen LogP contribution in [0.5, 0.6) is 5.75 Å². The van der Waals surface area contributed by atoms with Gasteiger partial charge < -0.3 is 10.4 Å². The van der Waals surface area contributed by atoms with E-state index >= 15 is 0 Å². The first-order valence-corrected chi connectivity index (χ1v) is 9.38. The lowest BCUT2D eigenvalue weighted by Crippen LogP contribution is -2.19. The number of aromatic hydroxyl groups is 1. The average molecular weight is 394 g/mol. The maximum Gasteiger partial charge on any atom is 0.293 e. The fourth-order valence-corrected chi connectivity index (χ4v) is 3.68. The molecular formula is C21H18N2O4S. The quantitative estimate of drug-likeness (QED) is 0.345. The zero-order valence-corrected chi connectivity index (χ0v) is 15.8. The number of rotatable bonds is 6. The number of nitro benzene ring substituents is 1. The first kappa shape index (κ1) is 19.4. The lowest BCUT2D eigenvalue weighted by Gasteiger charge is -2.17. The predicted molar refractivity (Wildman–Crippen MR) is 110 cm³/mol. The van der Waals surface area contributed by atoms with Gasteiger partial charge in [0, 0.05) is 11.0 Å². The van der Waals surface area contributed by atoms with Crippen molar-refractivity contribution in [3.05, 3.63) is 94.0 Å². The number of hydrogen-bond donors (Lipinski definition) is 2. The molecule has 0 fully saturated rings. The van der Waals surface area contributed by atoms with Crippen LogP contribution in [0.15, 0.2) is 77.7 Å². The minimum Gasteiger partial charge on any atom is -0.508 e. The van der Waals surface area contributed by atoms with E-state index in [0.717, 1.165) is 16.0 Å². The van der Waals surface area contributed by atoms with Crippen LogP contribution in [0.25, 0.3) is 0 Å². The molecule has 0 aliphatic heterocycles. The van der Waals surface area contributed by atoms with Crippen LogP contribution in [0.4, 0.5) is 11.4 Å². The highest BCUT2D eigenvalue weighted by Crippen LogP contribution is 2.37. The number of carbonyl (C=O) groups is 1. The number of carbonyl (C=O) groups excluding carboxylic acids is 1. The Kier molecular flexibility index (Phi) is 5.96. The standard InChI is InChI=1S/C21H18N2O4S/c1-14-7-12-18(19(13-14)23(26)27)22-21(25)20(15-5-3-2-4-6-15)28-17-10-8-16(24)9-11-17/h2-13,20,24H,1H3,(H,22,25). The van der Waals surface area contributed by atoms with E-state index in [9.17, 15) is 20.0 Å². The fourth-order valence-electron chi connectivity index (χ4n) is 2.66. The molecule has 142 valence electrons. The summed E-state index contributed by atoms with van der Waals surface area (Å²) in [6.07, 6.45) is 0. The molecule has 1 atom stereocenters. The van der Waals surface area contributed by atoms with Crippen molar-refractivity contribution < 1.29 is 14.8 Å². The summed E-state index contributed by atoms with van der Waals surface area (Å²) in [6, 6.07) is 20.4. The Morgan fingerprint density at radius 3 is 2.39 bits per heavy atom. The van der Waals surface area contributed by atoms with Gasteiger partial charge in [0.25, 0.3) is 5.69 Å². The van der Waals surface area contributed by atoms with Crippen LogP contribution in [0.3, 0.4) is 0 Å². The molecule has 3 aromatic rings. The second-order valence-electron chi connectivity index (χ2n) is 6.17. The van der Waals surface area contributed by atoms with Gasteiger partial charge in [-0.15, -0.1) is 11.8 Å². The molecule has 1 amide bonds. The topological polar surface area (TPSA) is 92.5 Å². The van der Waals surface area contributed by atoms with E-state index < -0.39 is 10.2 Å². The summed E-state index contributed by atoms with van der Waals surface area (Å²) in [5.41, 5.74) is 1.53. The van der Waals surface area contributed by atoms with E-state index in [2.05, 4.69) is 5.32 Å². The van der Waals surface area contributed by atoms with Gasteiger partial charge in [-0.05, 0) is 48.4 Å². The Balaban J connectivity index is 1.91. The average Bonchev–Trinajstić information content (AvgIpc) is 2.69. The van der Waals surface area contributed by atoms with Crippen LogP contribution >= 0.6 is 11.8 Å². The summed E-state index contributed by atoms with van der Waals surface area (Å²) >= 11 is 1.30. The zero-order chi connectivity index (χ0) is 20.1. The molecular weight excluding hydrogens is 376 g/mol. The minimum atomic E-state index is -0.619. The molecule has 0 aromatic heterocycles. The van der Waals surface area contributed by atoms with Gasteiger partial charge >= 0.3 is 0 Å². The van der Waals surface area contributed by atoms with E-state index in [1.165, 1.54) is 17.8 Å². The molecule has 0 aliphatic carbocycles. The Hall–Kier alpha value is -3.32. The highest BCUT2D eigenvalue weighted by atomic mass is 32.2. The number of nitro groups is 1.